The van der Waals surface area contributed by atoms with Crippen LogP contribution in [0.5, 0.6) is 0 Å². The molecule has 0 fully saturated rings. The van der Waals surface area contributed by atoms with Gasteiger partial charge in [-0.05, 0) is 35.9 Å². The van der Waals surface area contributed by atoms with Crippen LogP contribution >= 0.6 is 23.2 Å². The van der Waals surface area contributed by atoms with Crippen molar-refractivity contribution in [2.45, 2.75) is 11.6 Å². The van der Waals surface area contributed by atoms with Crippen molar-refractivity contribution in [3.8, 4) is 11.4 Å². The third-order valence-corrected chi connectivity index (χ3v) is 5.10. The minimum atomic E-state index is -1.58. The summed E-state index contributed by atoms with van der Waals surface area (Å²) in [5, 5.41) is 10.6. The van der Waals surface area contributed by atoms with Gasteiger partial charge in [0.05, 0.1) is 6.54 Å². The maximum Gasteiger partial charge on any atom is 0.359 e. The number of rotatable bonds is 5. The fourth-order valence-electron chi connectivity index (χ4n) is 2.54. The lowest BCUT2D eigenvalue weighted by molar-refractivity contribution is 0.0681. The van der Waals surface area contributed by atoms with Gasteiger partial charge in [0.25, 0.3) is 5.03 Å². The van der Waals surface area contributed by atoms with E-state index in [1.807, 2.05) is 0 Å². The topological polar surface area (TPSA) is 91.1 Å². The Balaban J connectivity index is 2.23. The highest BCUT2D eigenvalue weighted by molar-refractivity contribution is 7.90. The highest BCUT2D eigenvalue weighted by Gasteiger charge is 2.30. The lowest BCUT2D eigenvalue weighted by atomic mass is 10.2. The maximum atomic E-state index is 12.1. The zero-order chi connectivity index (χ0) is 18.8. The molecular weight excluding hydrogens is 397 g/mol. The zero-order valence-electron chi connectivity index (χ0n) is 13.5. The Morgan fingerprint density at radius 1 is 1.35 bits per heavy atom. The van der Waals surface area contributed by atoms with Gasteiger partial charge in [-0.15, -0.1) is 0 Å². The van der Waals surface area contributed by atoms with Crippen LogP contribution in [0.2, 0.25) is 10.0 Å². The molecule has 0 aliphatic carbocycles. The van der Waals surface area contributed by atoms with E-state index in [9.17, 15) is 14.5 Å². The zero-order valence-corrected chi connectivity index (χ0v) is 15.8. The molecule has 0 amide bonds. The van der Waals surface area contributed by atoms with Crippen molar-refractivity contribution in [3.63, 3.8) is 0 Å². The van der Waals surface area contributed by atoms with Crippen LogP contribution in [-0.4, -0.2) is 36.4 Å². The predicted molar refractivity (Wildman–Crippen MR) is 100 cm³/mol. The molecule has 3 rings (SSSR count). The van der Waals surface area contributed by atoms with Gasteiger partial charge >= 0.3 is 5.97 Å². The number of halogens is 2. The summed E-state index contributed by atoms with van der Waals surface area (Å²) in [6.07, 6.45) is 4.55. The molecule has 0 bridgehead atoms. The summed E-state index contributed by atoms with van der Waals surface area (Å²) in [6, 6.07) is 8.40. The number of carboxylic acids is 1. The summed E-state index contributed by atoms with van der Waals surface area (Å²) in [5.41, 5.74) is 1.07. The summed E-state index contributed by atoms with van der Waals surface area (Å²) in [6.45, 7) is 0.107. The smallest absolute Gasteiger partial charge is 0.359 e. The van der Waals surface area contributed by atoms with E-state index in [2.05, 4.69) is 9.97 Å². The monoisotopic (exact) mass is 409 g/mol. The Morgan fingerprint density at radius 2 is 2.12 bits per heavy atom. The Labute approximate surface area is 162 Å². The Morgan fingerprint density at radius 3 is 2.73 bits per heavy atom. The van der Waals surface area contributed by atoms with Crippen molar-refractivity contribution < 1.29 is 14.5 Å². The predicted octanol–water partition coefficient (Wildman–Crippen LogP) is 3.74. The maximum absolute atomic E-state index is 12.1. The first kappa shape index (κ1) is 18.7. The molecule has 1 N–H and O–H groups in total. The van der Waals surface area contributed by atoms with Gasteiger partial charge in [-0.3, -0.25) is 4.98 Å². The molecular formula is C17H13Cl2N3O3S. The van der Waals surface area contributed by atoms with E-state index in [4.69, 9.17) is 23.2 Å². The molecule has 0 saturated carbocycles. The standard InChI is InChI=1S/C17H13Cl2N3O3S/c1-26(25)16-14(17(23)24)22(9-11-7-12(18)4-5-13(11)19)15(21-16)10-3-2-6-20-8-10/h2-8H,9H2,1H3,(H,23,24). The Kier molecular flexibility index (Phi) is 5.52. The van der Waals surface area contributed by atoms with Gasteiger partial charge in [0.15, 0.2) is 0 Å². The van der Waals surface area contributed by atoms with Crippen LogP contribution in [0.3, 0.4) is 0 Å². The van der Waals surface area contributed by atoms with E-state index in [0.717, 1.165) is 0 Å². The number of carbonyl (C=O) groups is 1. The van der Waals surface area contributed by atoms with Gasteiger partial charge < -0.3 is 14.2 Å². The Bertz CT molecular complexity index is 961. The average molecular weight is 410 g/mol. The van der Waals surface area contributed by atoms with Gasteiger partial charge in [-0.25, -0.2) is 4.79 Å². The highest BCUT2D eigenvalue weighted by Crippen LogP contribution is 2.29. The fraction of sp³-hybridized carbons (Fsp3) is 0.118. The first-order valence-corrected chi connectivity index (χ1v) is 9.71. The molecule has 0 aliphatic heterocycles. The molecule has 134 valence electrons. The SMILES string of the molecule is C[S+]([O-])c1nc(-c2cccnc2)n(Cc2cc(Cl)ccc2Cl)c1C(=O)O. The first-order valence-electron chi connectivity index (χ1n) is 7.40. The number of imidazole rings is 1. The van der Waals surface area contributed by atoms with Crippen molar-refractivity contribution in [1.29, 1.82) is 0 Å². The third kappa shape index (κ3) is 3.71. The first-order chi connectivity index (χ1) is 12.4. The molecule has 1 unspecified atom stereocenters. The van der Waals surface area contributed by atoms with Crippen molar-refractivity contribution in [1.82, 2.24) is 14.5 Å². The molecule has 6 nitrogen and oxygen atoms in total. The van der Waals surface area contributed by atoms with E-state index < -0.39 is 17.1 Å². The lowest BCUT2D eigenvalue weighted by Crippen LogP contribution is -2.14. The second kappa shape index (κ2) is 7.67. The highest BCUT2D eigenvalue weighted by atomic mass is 35.5. The summed E-state index contributed by atoms with van der Waals surface area (Å²) in [4.78, 5) is 20.2. The molecule has 0 spiro atoms. The van der Waals surface area contributed by atoms with Gasteiger partial charge in [-0.2, -0.15) is 4.98 Å². The molecule has 0 saturated heterocycles. The number of hydrogen-bond acceptors (Lipinski definition) is 4. The molecule has 2 aromatic heterocycles. The van der Waals surface area contributed by atoms with Crippen LogP contribution < -0.4 is 0 Å². The summed E-state index contributed by atoms with van der Waals surface area (Å²) in [5.74, 6) is -0.882. The van der Waals surface area contributed by atoms with E-state index in [0.29, 0.717) is 27.0 Å². The quantitative estimate of drug-likeness (QED) is 0.648. The van der Waals surface area contributed by atoms with Crippen LogP contribution in [0.25, 0.3) is 11.4 Å². The van der Waals surface area contributed by atoms with E-state index >= 15 is 0 Å². The van der Waals surface area contributed by atoms with E-state index in [1.165, 1.54) is 10.8 Å². The van der Waals surface area contributed by atoms with Gasteiger partial charge in [-0.1, -0.05) is 23.2 Å². The second-order valence-electron chi connectivity index (χ2n) is 5.41. The summed E-state index contributed by atoms with van der Waals surface area (Å²) in [7, 11) is 0. The summed E-state index contributed by atoms with van der Waals surface area (Å²) < 4.78 is 13.5. The molecule has 0 radical (unpaired) electrons. The van der Waals surface area contributed by atoms with Crippen LogP contribution in [0.1, 0.15) is 16.1 Å². The average Bonchev–Trinajstić information content (AvgIpc) is 2.99. The number of aromatic nitrogens is 3. The van der Waals surface area contributed by atoms with Gasteiger partial charge in [0, 0.05) is 39.2 Å². The van der Waals surface area contributed by atoms with Gasteiger partial charge in [0.1, 0.15) is 12.1 Å². The van der Waals surface area contributed by atoms with Crippen molar-refractivity contribution in [2.24, 2.45) is 0 Å². The lowest BCUT2D eigenvalue weighted by Gasteiger charge is -2.12. The van der Waals surface area contributed by atoms with Crippen LogP contribution in [-0.2, 0) is 17.7 Å². The van der Waals surface area contributed by atoms with Crippen LogP contribution in [0.4, 0.5) is 0 Å². The fourth-order valence-corrected chi connectivity index (χ4v) is 3.60. The molecule has 2 heterocycles. The van der Waals surface area contributed by atoms with Crippen LogP contribution in [0.15, 0.2) is 47.8 Å². The van der Waals surface area contributed by atoms with Crippen LogP contribution in [0, 0.1) is 0 Å². The number of aromatic carboxylic acids is 1. The Hall–Kier alpha value is -2.06. The molecule has 9 heteroatoms. The van der Waals surface area contributed by atoms with E-state index in [-0.39, 0.29) is 17.3 Å². The number of hydrogen-bond donors (Lipinski definition) is 1. The minimum absolute atomic E-state index is 0.00509. The molecule has 1 aromatic carbocycles. The number of carboxylic acid groups (broad SMARTS) is 1. The van der Waals surface area contributed by atoms with Crippen molar-refractivity contribution in [2.75, 3.05) is 6.26 Å². The minimum Gasteiger partial charge on any atom is -0.610 e. The number of pyridine rings is 1. The molecule has 1 atom stereocenters. The van der Waals surface area contributed by atoms with Crippen molar-refractivity contribution >= 4 is 40.3 Å². The molecule has 0 aliphatic rings. The number of benzene rings is 1. The number of nitrogens with zero attached hydrogens (tertiary/aromatic N) is 3. The molecule has 26 heavy (non-hydrogen) atoms. The molecule has 3 aromatic rings. The van der Waals surface area contributed by atoms with Gasteiger partial charge in [0.2, 0.25) is 5.69 Å². The second-order valence-corrected chi connectivity index (χ2v) is 7.55. The largest absolute Gasteiger partial charge is 0.610 e. The third-order valence-electron chi connectivity index (χ3n) is 3.67. The van der Waals surface area contributed by atoms with Crippen molar-refractivity contribution in [3.05, 3.63) is 64.0 Å². The van der Waals surface area contributed by atoms with E-state index in [1.54, 1.807) is 42.7 Å². The summed E-state index contributed by atoms with van der Waals surface area (Å²) >= 11 is 10.7. The normalized spacial score (nSPS) is 12.2.